The van der Waals surface area contributed by atoms with Gasteiger partial charge >= 0.3 is 0 Å². The molecule has 0 aromatic carbocycles. The minimum Gasteiger partial charge on any atom is -0.394 e. The van der Waals surface area contributed by atoms with E-state index < -0.39 is 36.9 Å². The molecule has 0 aliphatic heterocycles. The van der Waals surface area contributed by atoms with Gasteiger partial charge in [0.05, 0.1) is 18.8 Å². The molecular weight excluding hydrogens is 490 g/mol. The molecule has 4 atom stereocenters. The van der Waals surface area contributed by atoms with Crippen LogP contribution in [-0.4, -0.2) is 57.3 Å². The van der Waals surface area contributed by atoms with Gasteiger partial charge in [0.25, 0.3) is 0 Å². The Morgan fingerprint density at radius 3 is 1.62 bits per heavy atom. The van der Waals surface area contributed by atoms with Crippen molar-refractivity contribution >= 4 is 5.91 Å². The lowest BCUT2D eigenvalue weighted by Crippen LogP contribution is -2.53. The number of hydrogen-bond donors (Lipinski definition) is 5. The molecule has 0 aromatic heterocycles. The molecule has 5 N–H and O–H groups in total. The summed E-state index contributed by atoms with van der Waals surface area (Å²) in [5, 5.41) is 42.8. The molecule has 0 aliphatic carbocycles. The van der Waals surface area contributed by atoms with Gasteiger partial charge in [0.15, 0.2) is 0 Å². The number of carbonyl (C=O) groups excluding carboxylic acids is 1. The maximum atomic E-state index is 12.3. The van der Waals surface area contributed by atoms with E-state index in [0.717, 1.165) is 57.8 Å². The molecule has 0 saturated heterocycles. The molecule has 4 unspecified atom stereocenters. The first kappa shape index (κ1) is 37.8. The van der Waals surface area contributed by atoms with Crippen molar-refractivity contribution in [2.45, 2.75) is 173 Å². The van der Waals surface area contributed by atoms with Crippen LogP contribution in [0.1, 0.15) is 149 Å². The highest BCUT2D eigenvalue weighted by Gasteiger charge is 2.28. The molecule has 1 amide bonds. The summed E-state index contributed by atoms with van der Waals surface area (Å²) < 4.78 is 0. The topological polar surface area (TPSA) is 110 Å². The molecule has 0 rings (SSSR count). The Balaban J connectivity index is 3.77. The summed E-state index contributed by atoms with van der Waals surface area (Å²) in [5.74, 6) is -0.596. The first-order valence-electron chi connectivity index (χ1n) is 16.2. The molecule has 6 heteroatoms. The highest BCUT2D eigenvalue weighted by atomic mass is 16.3. The van der Waals surface area contributed by atoms with E-state index in [9.17, 15) is 25.2 Å². The van der Waals surface area contributed by atoms with Gasteiger partial charge in [-0.3, -0.25) is 4.79 Å². The van der Waals surface area contributed by atoms with Crippen LogP contribution < -0.4 is 5.32 Å². The molecule has 6 nitrogen and oxygen atoms in total. The molecule has 39 heavy (non-hydrogen) atoms. The van der Waals surface area contributed by atoms with Crippen molar-refractivity contribution in [3.8, 4) is 0 Å². The maximum absolute atomic E-state index is 12.3. The number of hydrogen-bond acceptors (Lipinski definition) is 5. The highest BCUT2D eigenvalue weighted by molar-refractivity contribution is 5.80. The zero-order chi connectivity index (χ0) is 29.0. The fraction of sp³-hybridized carbons (Fsp3) is 0.848. The number of allylic oxidation sites excluding steroid dienone is 4. The van der Waals surface area contributed by atoms with Crippen molar-refractivity contribution in [2.75, 3.05) is 6.61 Å². The zero-order valence-corrected chi connectivity index (χ0v) is 25.4. The Kier molecular flexibility index (Phi) is 27.4. The summed E-state index contributed by atoms with van der Waals surface area (Å²) >= 11 is 0. The smallest absolute Gasteiger partial charge is 0.249 e. The summed E-state index contributed by atoms with van der Waals surface area (Å²) in [6.07, 6.45) is 28.0. The van der Waals surface area contributed by atoms with Crippen molar-refractivity contribution in [2.24, 2.45) is 0 Å². The molecule has 0 bridgehead atoms. The Bertz CT molecular complexity index is 595. The largest absolute Gasteiger partial charge is 0.394 e. The monoisotopic (exact) mass is 553 g/mol. The van der Waals surface area contributed by atoms with Crippen molar-refractivity contribution in [1.82, 2.24) is 5.32 Å². The quantitative estimate of drug-likeness (QED) is 0.0535. The number of aliphatic hydroxyl groups excluding tert-OH is 4. The lowest BCUT2D eigenvalue weighted by Gasteiger charge is -2.27. The van der Waals surface area contributed by atoms with Crippen LogP contribution >= 0.6 is 0 Å². The number of rotatable bonds is 28. The molecule has 0 aromatic rings. The Morgan fingerprint density at radius 1 is 0.641 bits per heavy atom. The SMILES string of the molecule is CCCCC/C=C\C=C/CCCCCCCCCCCC(O)C(=O)NC(CO)C(O)C(O)CCCCCCC. The van der Waals surface area contributed by atoms with Crippen LogP contribution in [0.25, 0.3) is 0 Å². The average Bonchev–Trinajstić information content (AvgIpc) is 2.94. The summed E-state index contributed by atoms with van der Waals surface area (Å²) in [7, 11) is 0. The van der Waals surface area contributed by atoms with Gasteiger partial charge in [-0.1, -0.05) is 134 Å². The lowest BCUT2D eigenvalue weighted by atomic mass is 9.99. The van der Waals surface area contributed by atoms with Gasteiger partial charge in [0, 0.05) is 0 Å². The minimum atomic E-state index is -1.25. The highest BCUT2D eigenvalue weighted by Crippen LogP contribution is 2.14. The third-order valence-electron chi connectivity index (χ3n) is 7.44. The predicted molar refractivity (Wildman–Crippen MR) is 164 cm³/mol. The molecule has 0 saturated carbocycles. The van der Waals surface area contributed by atoms with Gasteiger partial charge in [0.1, 0.15) is 12.2 Å². The van der Waals surface area contributed by atoms with E-state index in [1.54, 1.807) is 0 Å². The van der Waals surface area contributed by atoms with Gasteiger partial charge < -0.3 is 25.7 Å². The van der Waals surface area contributed by atoms with Crippen LogP contribution in [0.2, 0.25) is 0 Å². The summed E-state index contributed by atoms with van der Waals surface area (Å²) in [6.45, 7) is 3.89. The maximum Gasteiger partial charge on any atom is 0.249 e. The van der Waals surface area contributed by atoms with Crippen molar-refractivity contribution < 1.29 is 25.2 Å². The van der Waals surface area contributed by atoms with Crippen LogP contribution in [0.5, 0.6) is 0 Å². The second kappa shape index (κ2) is 28.3. The second-order valence-electron chi connectivity index (χ2n) is 11.2. The van der Waals surface area contributed by atoms with Gasteiger partial charge in [-0.25, -0.2) is 0 Å². The van der Waals surface area contributed by atoms with Crippen LogP contribution in [0.4, 0.5) is 0 Å². The normalized spacial score (nSPS) is 15.1. The first-order chi connectivity index (χ1) is 19.0. The fourth-order valence-electron chi connectivity index (χ4n) is 4.74. The molecular formula is C33H63NO5. The molecule has 0 spiro atoms. The molecule has 0 aliphatic rings. The van der Waals surface area contributed by atoms with E-state index in [1.807, 2.05) is 0 Å². The Labute approximate surface area is 240 Å². The van der Waals surface area contributed by atoms with Crippen LogP contribution in [-0.2, 0) is 4.79 Å². The first-order valence-corrected chi connectivity index (χ1v) is 16.2. The number of amides is 1. The lowest BCUT2D eigenvalue weighted by molar-refractivity contribution is -0.132. The van der Waals surface area contributed by atoms with Crippen molar-refractivity contribution in [3.63, 3.8) is 0 Å². The number of unbranched alkanes of at least 4 members (excludes halogenated alkanes) is 16. The third kappa shape index (κ3) is 23.2. The molecule has 0 radical (unpaired) electrons. The van der Waals surface area contributed by atoms with Gasteiger partial charge in [-0.2, -0.15) is 0 Å². The van der Waals surface area contributed by atoms with E-state index in [4.69, 9.17) is 0 Å². The molecule has 0 fully saturated rings. The van der Waals surface area contributed by atoms with Crippen LogP contribution in [0, 0.1) is 0 Å². The number of aliphatic hydroxyl groups is 4. The van der Waals surface area contributed by atoms with Gasteiger partial charge in [0.2, 0.25) is 5.91 Å². The molecule has 230 valence electrons. The predicted octanol–water partition coefficient (Wildman–Crippen LogP) is 6.89. The summed E-state index contributed by atoms with van der Waals surface area (Å²) in [4.78, 5) is 12.3. The van der Waals surface area contributed by atoms with Crippen molar-refractivity contribution in [3.05, 3.63) is 24.3 Å². The van der Waals surface area contributed by atoms with E-state index in [0.29, 0.717) is 12.8 Å². The minimum absolute atomic E-state index is 0.363. The zero-order valence-electron chi connectivity index (χ0n) is 25.4. The van der Waals surface area contributed by atoms with Crippen LogP contribution in [0.3, 0.4) is 0 Å². The standard InChI is InChI=1S/C33H63NO5/c1-3-5-7-9-10-11-12-13-14-15-16-17-18-19-20-21-23-25-27-31(37)33(39)34-29(28-35)32(38)30(36)26-24-22-8-6-4-2/h10-13,29-32,35-38H,3-9,14-28H2,1-2H3,(H,34,39)/b11-10-,13-12-. The Morgan fingerprint density at radius 2 is 1.08 bits per heavy atom. The number of nitrogens with one attached hydrogen (secondary N) is 1. The van der Waals surface area contributed by atoms with E-state index in [-0.39, 0.29) is 0 Å². The third-order valence-corrected chi connectivity index (χ3v) is 7.44. The number of carbonyl (C=O) groups is 1. The fourth-order valence-corrected chi connectivity index (χ4v) is 4.74. The van der Waals surface area contributed by atoms with Gasteiger partial charge in [-0.15, -0.1) is 0 Å². The Hall–Kier alpha value is -1.21. The summed E-state index contributed by atoms with van der Waals surface area (Å²) in [5.41, 5.74) is 0. The van der Waals surface area contributed by atoms with Crippen LogP contribution in [0.15, 0.2) is 24.3 Å². The summed E-state index contributed by atoms with van der Waals surface area (Å²) in [6, 6.07) is -0.981. The van der Waals surface area contributed by atoms with E-state index >= 15 is 0 Å². The van der Waals surface area contributed by atoms with Gasteiger partial charge in [-0.05, 0) is 38.5 Å². The molecule has 0 heterocycles. The second-order valence-corrected chi connectivity index (χ2v) is 11.2. The van der Waals surface area contributed by atoms with E-state index in [2.05, 4.69) is 43.5 Å². The average molecular weight is 554 g/mol. The van der Waals surface area contributed by atoms with E-state index in [1.165, 1.54) is 64.2 Å². The van der Waals surface area contributed by atoms with Crippen molar-refractivity contribution in [1.29, 1.82) is 0 Å².